The van der Waals surface area contributed by atoms with Crippen LogP contribution in [0.2, 0.25) is 0 Å². The maximum Gasteiger partial charge on any atom is 0.227 e. The first-order valence-electron chi connectivity index (χ1n) is 11.9. The predicted molar refractivity (Wildman–Crippen MR) is 135 cm³/mol. The number of aryl methyl sites for hydroxylation is 1. The monoisotopic (exact) mass is 456 g/mol. The van der Waals surface area contributed by atoms with Gasteiger partial charge in [-0.25, -0.2) is 9.37 Å². The summed E-state index contributed by atoms with van der Waals surface area (Å²) >= 11 is 0. The molecule has 0 unspecified atom stereocenters. The maximum atomic E-state index is 13.8. The predicted octanol–water partition coefficient (Wildman–Crippen LogP) is 5.64. The number of amides is 1. The Morgan fingerprint density at radius 3 is 2.56 bits per heavy atom. The van der Waals surface area contributed by atoms with Crippen LogP contribution in [0, 0.1) is 11.7 Å². The highest BCUT2D eigenvalue weighted by atomic mass is 19.1. The number of carbonyl (C=O) groups excluding carboxylic acids is 1. The van der Waals surface area contributed by atoms with Crippen LogP contribution in [0.1, 0.15) is 30.9 Å². The van der Waals surface area contributed by atoms with Crippen molar-refractivity contribution in [3.8, 4) is 0 Å². The van der Waals surface area contributed by atoms with Crippen LogP contribution in [0.3, 0.4) is 0 Å². The van der Waals surface area contributed by atoms with Crippen LogP contribution in [0.15, 0.2) is 72.8 Å². The van der Waals surface area contributed by atoms with E-state index in [4.69, 9.17) is 4.98 Å². The molecule has 3 aromatic carbocycles. The molecular weight excluding hydrogens is 427 g/mol. The van der Waals surface area contributed by atoms with Gasteiger partial charge in [0, 0.05) is 24.7 Å². The van der Waals surface area contributed by atoms with Gasteiger partial charge in [0.1, 0.15) is 5.82 Å². The number of piperidine rings is 1. The topological polar surface area (TPSA) is 50.2 Å². The Morgan fingerprint density at radius 1 is 1.00 bits per heavy atom. The molecule has 1 amide bonds. The van der Waals surface area contributed by atoms with E-state index in [-0.39, 0.29) is 17.6 Å². The van der Waals surface area contributed by atoms with Gasteiger partial charge in [0.25, 0.3) is 0 Å². The average Bonchev–Trinajstić information content (AvgIpc) is 3.22. The third-order valence-corrected chi connectivity index (χ3v) is 6.62. The standard InChI is InChI=1S/C28H29FN4O/c1-2-20-7-6-10-24(18-20)30-27(34)22-13-15-32(16-14-22)28-31-25-11-3-4-12-26(25)33(28)19-21-8-5-9-23(29)17-21/h3-12,17-18,22H,2,13-16,19H2,1H3,(H,30,34). The molecule has 34 heavy (non-hydrogen) atoms. The summed E-state index contributed by atoms with van der Waals surface area (Å²) in [5.41, 5.74) is 4.92. The Balaban J connectivity index is 1.32. The molecule has 0 atom stereocenters. The Bertz CT molecular complexity index is 1310. The van der Waals surface area contributed by atoms with E-state index < -0.39 is 0 Å². The van der Waals surface area contributed by atoms with Crippen LogP contribution in [0.25, 0.3) is 11.0 Å². The van der Waals surface area contributed by atoms with Crippen molar-refractivity contribution in [2.24, 2.45) is 5.92 Å². The van der Waals surface area contributed by atoms with Crippen LogP contribution < -0.4 is 10.2 Å². The third-order valence-electron chi connectivity index (χ3n) is 6.62. The van der Waals surface area contributed by atoms with Crippen LogP contribution in [-0.4, -0.2) is 28.5 Å². The summed E-state index contributed by atoms with van der Waals surface area (Å²) in [6, 6.07) is 22.8. The van der Waals surface area contributed by atoms with Crippen LogP contribution in [0.4, 0.5) is 16.0 Å². The Labute approximate surface area is 199 Å². The SMILES string of the molecule is CCc1cccc(NC(=O)C2CCN(c3nc4ccccc4n3Cc3cccc(F)c3)CC2)c1. The van der Waals surface area contributed by atoms with Crippen molar-refractivity contribution in [3.63, 3.8) is 0 Å². The zero-order valence-corrected chi connectivity index (χ0v) is 19.4. The van der Waals surface area contributed by atoms with E-state index >= 15 is 0 Å². The summed E-state index contributed by atoms with van der Waals surface area (Å²) in [5.74, 6) is 0.698. The maximum absolute atomic E-state index is 13.8. The lowest BCUT2D eigenvalue weighted by molar-refractivity contribution is -0.120. The molecular formula is C28H29FN4O. The largest absolute Gasteiger partial charge is 0.342 e. The highest BCUT2D eigenvalue weighted by Crippen LogP contribution is 2.28. The molecule has 5 rings (SSSR count). The molecule has 6 heteroatoms. The molecule has 1 aromatic heterocycles. The molecule has 1 fully saturated rings. The highest BCUT2D eigenvalue weighted by Gasteiger charge is 2.28. The van der Waals surface area contributed by atoms with E-state index in [0.717, 1.165) is 60.6 Å². The van der Waals surface area contributed by atoms with Gasteiger partial charge in [0.05, 0.1) is 17.6 Å². The number of aromatic nitrogens is 2. The summed E-state index contributed by atoms with van der Waals surface area (Å²) in [7, 11) is 0. The van der Waals surface area contributed by atoms with Gasteiger partial charge in [-0.2, -0.15) is 0 Å². The molecule has 0 bridgehead atoms. The highest BCUT2D eigenvalue weighted by molar-refractivity contribution is 5.92. The Kier molecular flexibility index (Phi) is 6.30. The second-order valence-corrected chi connectivity index (χ2v) is 8.92. The van der Waals surface area contributed by atoms with E-state index in [1.165, 1.54) is 11.6 Å². The fourth-order valence-electron chi connectivity index (χ4n) is 4.73. The van der Waals surface area contributed by atoms with Crippen molar-refractivity contribution in [2.45, 2.75) is 32.7 Å². The van der Waals surface area contributed by atoms with Crippen molar-refractivity contribution in [1.82, 2.24) is 9.55 Å². The molecule has 1 aliphatic heterocycles. The number of rotatable bonds is 6. The molecule has 4 aromatic rings. The van der Waals surface area contributed by atoms with Gasteiger partial charge < -0.3 is 14.8 Å². The van der Waals surface area contributed by atoms with Crippen LogP contribution in [-0.2, 0) is 17.8 Å². The zero-order chi connectivity index (χ0) is 23.5. The number of nitrogens with zero attached hydrogens (tertiary/aromatic N) is 3. The molecule has 174 valence electrons. The lowest BCUT2D eigenvalue weighted by atomic mass is 9.96. The minimum Gasteiger partial charge on any atom is -0.342 e. The lowest BCUT2D eigenvalue weighted by Crippen LogP contribution is -2.39. The molecule has 0 spiro atoms. The van der Waals surface area contributed by atoms with E-state index in [9.17, 15) is 9.18 Å². The van der Waals surface area contributed by atoms with Gasteiger partial charge in [-0.05, 0) is 66.8 Å². The number of hydrogen-bond acceptors (Lipinski definition) is 3. The molecule has 0 saturated carbocycles. The number of benzene rings is 3. The van der Waals surface area contributed by atoms with E-state index in [2.05, 4.69) is 33.8 Å². The fraction of sp³-hybridized carbons (Fsp3) is 0.286. The van der Waals surface area contributed by atoms with Crippen molar-refractivity contribution >= 4 is 28.6 Å². The van der Waals surface area contributed by atoms with E-state index in [1.807, 2.05) is 42.5 Å². The van der Waals surface area contributed by atoms with Gasteiger partial charge >= 0.3 is 0 Å². The second-order valence-electron chi connectivity index (χ2n) is 8.92. The quantitative estimate of drug-likeness (QED) is 0.408. The molecule has 5 nitrogen and oxygen atoms in total. The molecule has 0 aliphatic carbocycles. The summed E-state index contributed by atoms with van der Waals surface area (Å²) in [5, 5.41) is 3.10. The summed E-state index contributed by atoms with van der Waals surface area (Å²) in [6.45, 7) is 4.15. The minimum atomic E-state index is -0.236. The number of halogens is 1. The molecule has 0 radical (unpaired) electrons. The summed E-state index contributed by atoms with van der Waals surface area (Å²) in [6.07, 6.45) is 2.48. The first-order valence-corrected chi connectivity index (χ1v) is 11.9. The van der Waals surface area contributed by atoms with Crippen LogP contribution in [0.5, 0.6) is 0 Å². The molecule has 2 heterocycles. The summed E-state index contributed by atoms with van der Waals surface area (Å²) < 4.78 is 16.0. The van der Waals surface area contributed by atoms with Crippen LogP contribution >= 0.6 is 0 Å². The molecule has 1 aliphatic rings. The smallest absolute Gasteiger partial charge is 0.227 e. The first kappa shape index (κ1) is 22.1. The van der Waals surface area contributed by atoms with Crippen molar-refractivity contribution in [1.29, 1.82) is 0 Å². The molecule has 1 saturated heterocycles. The van der Waals surface area contributed by atoms with Gasteiger partial charge in [-0.1, -0.05) is 43.3 Å². The normalized spacial score (nSPS) is 14.5. The summed E-state index contributed by atoms with van der Waals surface area (Å²) in [4.78, 5) is 20.1. The van der Waals surface area contributed by atoms with Crippen molar-refractivity contribution in [2.75, 3.05) is 23.3 Å². The zero-order valence-electron chi connectivity index (χ0n) is 19.4. The van der Waals surface area contributed by atoms with Crippen molar-refractivity contribution in [3.05, 3.63) is 89.7 Å². The van der Waals surface area contributed by atoms with Gasteiger partial charge in [0.15, 0.2) is 0 Å². The van der Waals surface area contributed by atoms with Gasteiger partial charge in [-0.15, -0.1) is 0 Å². The minimum absolute atomic E-state index is 0.0254. The Morgan fingerprint density at radius 2 is 1.76 bits per heavy atom. The van der Waals surface area contributed by atoms with E-state index in [0.29, 0.717) is 6.54 Å². The number of anilines is 2. The number of imidazole rings is 1. The molecule has 1 N–H and O–H groups in total. The van der Waals surface area contributed by atoms with Crippen molar-refractivity contribution < 1.29 is 9.18 Å². The van der Waals surface area contributed by atoms with Gasteiger partial charge in [0.2, 0.25) is 11.9 Å². The number of fused-ring (bicyclic) bond motifs is 1. The second kappa shape index (κ2) is 9.67. The lowest BCUT2D eigenvalue weighted by Gasteiger charge is -2.32. The number of nitrogens with one attached hydrogen (secondary N) is 1. The first-order chi connectivity index (χ1) is 16.6. The fourth-order valence-corrected chi connectivity index (χ4v) is 4.73. The third kappa shape index (κ3) is 4.67. The number of carbonyl (C=O) groups is 1. The van der Waals surface area contributed by atoms with E-state index in [1.54, 1.807) is 12.1 Å². The van der Waals surface area contributed by atoms with Gasteiger partial charge in [-0.3, -0.25) is 4.79 Å². The average molecular weight is 457 g/mol. The number of para-hydroxylation sites is 2. The number of hydrogen-bond donors (Lipinski definition) is 1. The Hall–Kier alpha value is -3.67.